The number of para-hydroxylation sites is 1. The highest BCUT2D eigenvalue weighted by molar-refractivity contribution is 9.10. The van der Waals surface area contributed by atoms with Crippen LogP contribution in [0.3, 0.4) is 0 Å². The molecule has 1 aromatic heterocycles. The van der Waals surface area contributed by atoms with Crippen molar-refractivity contribution in [2.24, 2.45) is 0 Å². The molecule has 0 spiro atoms. The fourth-order valence-corrected chi connectivity index (χ4v) is 4.30. The van der Waals surface area contributed by atoms with Crippen LogP contribution in [0.25, 0.3) is 20.8 Å². The first-order valence-corrected chi connectivity index (χ1v) is 10.3. The predicted molar refractivity (Wildman–Crippen MR) is 117 cm³/mol. The molecule has 0 aliphatic carbocycles. The number of hydrogen-bond acceptors (Lipinski definition) is 3. The monoisotopic (exact) mass is 476 g/mol. The summed E-state index contributed by atoms with van der Waals surface area (Å²) >= 11 is 17.4. The summed E-state index contributed by atoms with van der Waals surface area (Å²) in [5.41, 5.74) is 2.71. The van der Waals surface area contributed by atoms with Crippen molar-refractivity contribution in [3.05, 3.63) is 80.7 Å². The number of anilines is 1. The first kappa shape index (κ1) is 18.4. The van der Waals surface area contributed by atoms with E-state index >= 15 is 0 Å². The van der Waals surface area contributed by atoms with Crippen LogP contribution < -0.4 is 5.32 Å². The molecule has 0 aliphatic rings. The third-order valence-electron chi connectivity index (χ3n) is 3.93. The quantitative estimate of drug-likeness (QED) is 0.336. The Kier molecular flexibility index (Phi) is 5.19. The van der Waals surface area contributed by atoms with Crippen molar-refractivity contribution in [3.8, 4) is 10.6 Å². The number of nitrogens with one attached hydrogen (secondary N) is 1. The van der Waals surface area contributed by atoms with E-state index in [1.807, 2.05) is 36.4 Å². The van der Waals surface area contributed by atoms with Crippen LogP contribution in [-0.2, 0) is 0 Å². The second-order valence-electron chi connectivity index (χ2n) is 5.76. The van der Waals surface area contributed by atoms with Crippen molar-refractivity contribution in [1.82, 2.24) is 4.98 Å². The molecular formula is C20H11BrCl2N2OS. The Morgan fingerprint density at radius 1 is 1.00 bits per heavy atom. The molecule has 134 valence electrons. The number of benzene rings is 3. The summed E-state index contributed by atoms with van der Waals surface area (Å²) in [6.07, 6.45) is 0. The van der Waals surface area contributed by atoms with Crippen molar-refractivity contribution in [2.75, 3.05) is 5.32 Å². The zero-order chi connectivity index (χ0) is 19.0. The van der Waals surface area contributed by atoms with E-state index in [0.717, 1.165) is 25.3 Å². The zero-order valence-electron chi connectivity index (χ0n) is 13.7. The molecule has 4 aromatic rings. The molecule has 27 heavy (non-hydrogen) atoms. The smallest absolute Gasteiger partial charge is 0.257 e. The maximum absolute atomic E-state index is 12.6. The van der Waals surface area contributed by atoms with Crippen molar-refractivity contribution < 1.29 is 4.79 Å². The second kappa shape index (κ2) is 7.60. The molecule has 3 nitrogen and oxygen atoms in total. The highest BCUT2D eigenvalue weighted by Crippen LogP contribution is 2.34. The molecule has 0 aliphatic heterocycles. The van der Waals surface area contributed by atoms with E-state index in [9.17, 15) is 4.79 Å². The number of hydrogen-bond donors (Lipinski definition) is 1. The molecule has 0 saturated heterocycles. The molecule has 0 radical (unpaired) electrons. The van der Waals surface area contributed by atoms with Crippen molar-refractivity contribution in [1.29, 1.82) is 0 Å². The van der Waals surface area contributed by atoms with Gasteiger partial charge in [0.15, 0.2) is 0 Å². The normalized spacial score (nSPS) is 10.9. The van der Waals surface area contributed by atoms with Gasteiger partial charge in [0.1, 0.15) is 5.01 Å². The third kappa shape index (κ3) is 3.87. The lowest BCUT2D eigenvalue weighted by molar-refractivity contribution is 0.102. The lowest BCUT2D eigenvalue weighted by Gasteiger charge is -2.10. The first-order valence-electron chi connectivity index (χ1n) is 7.93. The summed E-state index contributed by atoms with van der Waals surface area (Å²) in [6.45, 7) is 0. The van der Waals surface area contributed by atoms with Crippen molar-refractivity contribution in [3.63, 3.8) is 0 Å². The largest absolute Gasteiger partial charge is 0.321 e. The van der Waals surface area contributed by atoms with Gasteiger partial charge >= 0.3 is 0 Å². The second-order valence-corrected chi connectivity index (χ2v) is 8.52. The van der Waals surface area contributed by atoms with E-state index in [0.29, 0.717) is 21.3 Å². The Labute approximate surface area is 178 Å². The lowest BCUT2D eigenvalue weighted by atomic mass is 10.1. The summed E-state index contributed by atoms with van der Waals surface area (Å²) < 4.78 is 1.88. The van der Waals surface area contributed by atoms with Gasteiger partial charge in [0.2, 0.25) is 0 Å². The van der Waals surface area contributed by atoms with Crippen molar-refractivity contribution in [2.45, 2.75) is 0 Å². The minimum Gasteiger partial charge on any atom is -0.321 e. The predicted octanol–water partition coefficient (Wildman–Crippen LogP) is 7.28. The lowest BCUT2D eigenvalue weighted by Crippen LogP contribution is -2.13. The number of fused-ring (bicyclic) bond motifs is 1. The third-order valence-corrected chi connectivity index (χ3v) is 6.17. The van der Waals surface area contributed by atoms with Gasteiger partial charge in [-0.1, -0.05) is 57.3 Å². The maximum Gasteiger partial charge on any atom is 0.257 e. The average molecular weight is 478 g/mol. The maximum atomic E-state index is 12.6. The topological polar surface area (TPSA) is 42.0 Å². The molecule has 0 fully saturated rings. The molecule has 7 heteroatoms. The number of halogens is 3. The van der Waals surface area contributed by atoms with Crippen LogP contribution in [0.1, 0.15) is 10.4 Å². The van der Waals surface area contributed by atoms with Gasteiger partial charge in [-0.2, -0.15) is 0 Å². The van der Waals surface area contributed by atoms with Crippen LogP contribution in [0.15, 0.2) is 65.1 Å². The van der Waals surface area contributed by atoms with Crippen LogP contribution in [0.5, 0.6) is 0 Å². The van der Waals surface area contributed by atoms with Crippen LogP contribution in [0.2, 0.25) is 10.0 Å². The molecule has 3 aromatic carbocycles. The fraction of sp³-hybridized carbons (Fsp3) is 0. The van der Waals surface area contributed by atoms with E-state index in [1.165, 1.54) is 0 Å². The van der Waals surface area contributed by atoms with E-state index < -0.39 is 0 Å². The highest BCUT2D eigenvalue weighted by atomic mass is 79.9. The SMILES string of the molecule is O=C(Nc1cc(-c2nc3ccccc3s2)ccc1Cl)c1cc(Br)ccc1Cl. The molecular weight excluding hydrogens is 467 g/mol. The number of carbonyl (C=O) groups excluding carboxylic acids is 1. The molecule has 1 heterocycles. The Morgan fingerprint density at radius 2 is 1.78 bits per heavy atom. The summed E-state index contributed by atoms with van der Waals surface area (Å²) in [5, 5.41) is 4.52. The van der Waals surface area contributed by atoms with Gasteiger partial charge in [-0.15, -0.1) is 11.3 Å². The molecule has 0 bridgehead atoms. The van der Waals surface area contributed by atoms with E-state index in [-0.39, 0.29) is 5.91 Å². The molecule has 0 atom stereocenters. The van der Waals surface area contributed by atoms with Gasteiger partial charge in [-0.05, 0) is 42.5 Å². The minimum absolute atomic E-state index is 0.329. The summed E-state index contributed by atoms with van der Waals surface area (Å²) in [4.78, 5) is 17.3. The Bertz CT molecular complexity index is 1140. The first-order chi connectivity index (χ1) is 13.0. The zero-order valence-corrected chi connectivity index (χ0v) is 17.6. The molecule has 1 amide bonds. The number of aromatic nitrogens is 1. The Morgan fingerprint density at radius 3 is 2.59 bits per heavy atom. The van der Waals surface area contributed by atoms with E-state index in [2.05, 4.69) is 26.2 Å². The minimum atomic E-state index is -0.329. The van der Waals surface area contributed by atoms with Crippen LogP contribution in [-0.4, -0.2) is 10.9 Å². The molecule has 4 rings (SSSR count). The van der Waals surface area contributed by atoms with Gasteiger partial charge in [-0.25, -0.2) is 4.98 Å². The van der Waals surface area contributed by atoms with E-state index in [1.54, 1.807) is 35.6 Å². The van der Waals surface area contributed by atoms with Gasteiger partial charge in [0.25, 0.3) is 5.91 Å². The van der Waals surface area contributed by atoms with Crippen LogP contribution in [0.4, 0.5) is 5.69 Å². The number of nitrogens with zero attached hydrogens (tertiary/aromatic N) is 1. The highest BCUT2D eigenvalue weighted by Gasteiger charge is 2.14. The van der Waals surface area contributed by atoms with Gasteiger partial charge in [-0.3, -0.25) is 4.79 Å². The summed E-state index contributed by atoms with van der Waals surface area (Å²) in [6, 6.07) is 18.5. The average Bonchev–Trinajstić information content (AvgIpc) is 3.09. The number of carbonyl (C=O) groups is 1. The number of thiazole rings is 1. The van der Waals surface area contributed by atoms with Gasteiger partial charge in [0, 0.05) is 10.0 Å². The number of amides is 1. The Balaban J connectivity index is 1.68. The molecule has 0 unspecified atom stereocenters. The van der Waals surface area contributed by atoms with Crippen LogP contribution in [0, 0.1) is 0 Å². The molecule has 0 saturated carbocycles. The fourth-order valence-electron chi connectivity index (χ4n) is 2.61. The van der Waals surface area contributed by atoms with Crippen molar-refractivity contribution >= 4 is 72.3 Å². The van der Waals surface area contributed by atoms with Crippen LogP contribution >= 0.6 is 50.5 Å². The molecule has 1 N–H and O–H groups in total. The standard InChI is InChI=1S/C20H11BrCl2N2OS/c21-12-6-8-14(22)13(10-12)19(26)24-17-9-11(5-7-15(17)23)20-25-16-3-1-2-4-18(16)27-20/h1-10H,(H,24,26). The summed E-state index contributed by atoms with van der Waals surface area (Å²) in [5.74, 6) is -0.329. The summed E-state index contributed by atoms with van der Waals surface area (Å²) in [7, 11) is 0. The van der Waals surface area contributed by atoms with E-state index in [4.69, 9.17) is 23.2 Å². The van der Waals surface area contributed by atoms with Gasteiger partial charge < -0.3 is 5.32 Å². The number of rotatable bonds is 3. The Hall–Kier alpha value is -1.92. The van der Waals surface area contributed by atoms with Gasteiger partial charge in [0.05, 0.1) is 31.5 Å².